The van der Waals surface area contributed by atoms with Gasteiger partial charge in [-0.2, -0.15) is 0 Å². The first-order valence-corrected chi connectivity index (χ1v) is 22.8. The van der Waals surface area contributed by atoms with Crippen molar-refractivity contribution in [2.75, 3.05) is 0 Å². The maximum Gasteiger partial charge on any atom is 0.187 e. The summed E-state index contributed by atoms with van der Waals surface area (Å²) in [5.41, 5.74) is 13.9. The molecule has 0 N–H and O–H groups in total. The third kappa shape index (κ3) is 7.35. The smallest absolute Gasteiger partial charge is 0.187 e. The van der Waals surface area contributed by atoms with Crippen LogP contribution in [0.1, 0.15) is 0 Å². The van der Waals surface area contributed by atoms with Crippen molar-refractivity contribution in [1.29, 1.82) is 0 Å². The maximum atomic E-state index is 8.15. The second-order valence-corrected chi connectivity index (χ2v) is 17.0. The number of benzene rings is 11. The van der Waals surface area contributed by atoms with Gasteiger partial charge >= 0.3 is 0 Å². The molecule has 0 saturated carbocycles. The molecule has 0 radical (unpaired) electrons. The highest BCUT2D eigenvalue weighted by Crippen LogP contribution is 2.45. The van der Waals surface area contributed by atoms with Crippen LogP contribution in [0.15, 0.2) is 243 Å². The molecular formula is C64H40N4. The second kappa shape index (κ2) is 17.2. The summed E-state index contributed by atoms with van der Waals surface area (Å²) in [5.74, 6) is 1.73. The van der Waals surface area contributed by atoms with Crippen molar-refractivity contribution in [2.24, 2.45) is 0 Å². The molecular weight excluding hydrogens is 825 g/mol. The molecule has 0 atom stereocenters. The molecule has 316 valence electrons. The molecule has 0 spiro atoms. The van der Waals surface area contributed by atoms with Gasteiger partial charge in [-0.15, -0.1) is 0 Å². The van der Waals surface area contributed by atoms with Crippen molar-refractivity contribution >= 4 is 38.0 Å². The highest BCUT2D eigenvalue weighted by atomic mass is 15.0. The lowest BCUT2D eigenvalue weighted by atomic mass is 9.85. The zero-order valence-electron chi connectivity index (χ0n) is 36.9. The van der Waals surface area contributed by atoms with Crippen molar-refractivity contribution in [3.63, 3.8) is 0 Å². The van der Waals surface area contributed by atoms with E-state index < -0.39 is 0 Å². The molecule has 0 aliphatic carbocycles. The zero-order valence-corrected chi connectivity index (χ0v) is 36.9. The van der Waals surface area contributed by atoms with Crippen LogP contribution in [-0.4, -0.2) is 15.0 Å². The summed E-state index contributed by atoms with van der Waals surface area (Å²) >= 11 is 0. The van der Waals surface area contributed by atoms with Crippen molar-refractivity contribution < 1.29 is 0 Å². The molecule has 0 saturated heterocycles. The van der Waals surface area contributed by atoms with Crippen LogP contribution in [0, 0.1) is 6.57 Å². The van der Waals surface area contributed by atoms with Crippen LogP contribution in [0.2, 0.25) is 0 Å². The topological polar surface area (TPSA) is 43.0 Å². The number of nitrogens with zero attached hydrogens (tertiary/aromatic N) is 4. The van der Waals surface area contributed by atoms with Crippen LogP contribution in [0.3, 0.4) is 0 Å². The zero-order chi connectivity index (χ0) is 45.4. The molecule has 0 fully saturated rings. The van der Waals surface area contributed by atoms with Gasteiger partial charge in [-0.3, -0.25) is 0 Å². The first-order chi connectivity index (χ1) is 33.7. The van der Waals surface area contributed by atoms with Gasteiger partial charge in [-0.05, 0) is 100 Å². The Bertz CT molecular complexity index is 3920. The average Bonchev–Trinajstić information content (AvgIpc) is 3.42. The molecule has 0 aliphatic rings. The van der Waals surface area contributed by atoms with Gasteiger partial charge in [-0.1, -0.05) is 231 Å². The van der Waals surface area contributed by atoms with E-state index in [9.17, 15) is 0 Å². The number of rotatable bonds is 8. The Balaban J connectivity index is 0.998. The Kier molecular flexibility index (Phi) is 10.2. The van der Waals surface area contributed by atoms with Crippen LogP contribution >= 0.6 is 0 Å². The summed E-state index contributed by atoms with van der Waals surface area (Å²) in [5, 5.41) is 7.31. The lowest BCUT2D eigenvalue weighted by Gasteiger charge is -2.19. The fourth-order valence-electron chi connectivity index (χ4n) is 9.68. The summed E-state index contributed by atoms with van der Waals surface area (Å²) in [6.45, 7) is 8.15. The molecule has 1 aromatic heterocycles. The van der Waals surface area contributed by atoms with E-state index in [0.29, 0.717) is 23.2 Å². The van der Waals surface area contributed by atoms with E-state index in [4.69, 9.17) is 21.5 Å². The molecule has 4 heteroatoms. The summed E-state index contributed by atoms with van der Waals surface area (Å²) in [6.07, 6.45) is 0. The predicted octanol–water partition coefficient (Wildman–Crippen LogP) is 17.2. The van der Waals surface area contributed by atoms with Gasteiger partial charge in [0, 0.05) is 16.7 Å². The van der Waals surface area contributed by atoms with Crippen LogP contribution in [0.25, 0.3) is 127 Å². The van der Waals surface area contributed by atoms with Gasteiger partial charge in [0.15, 0.2) is 23.2 Å². The van der Waals surface area contributed by atoms with Crippen LogP contribution < -0.4 is 0 Å². The summed E-state index contributed by atoms with van der Waals surface area (Å²) in [6, 6.07) is 84.8. The van der Waals surface area contributed by atoms with E-state index in [2.05, 4.69) is 199 Å². The third-order valence-electron chi connectivity index (χ3n) is 13.0. The fourth-order valence-corrected chi connectivity index (χ4v) is 9.68. The Morgan fingerprint density at radius 3 is 1.40 bits per heavy atom. The minimum Gasteiger partial charge on any atom is -0.238 e. The fraction of sp³-hybridized carbons (Fsp3) is 0. The van der Waals surface area contributed by atoms with Gasteiger partial charge in [0.25, 0.3) is 0 Å². The number of hydrogen-bond acceptors (Lipinski definition) is 3. The third-order valence-corrected chi connectivity index (χ3v) is 13.0. The first kappa shape index (κ1) is 40.2. The molecule has 4 nitrogen and oxygen atoms in total. The molecule has 12 rings (SSSR count). The maximum absolute atomic E-state index is 8.15. The van der Waals surface area contributed by atoms with Gasteiger partial charge in [0.1, 0.15) is 0 Å². The number of aromatic nitrogens is 3. The van der Waals surface area contributed by atoms with Gasteiger partial charge in [0.05, 0.1) is 6.57 Å². The van der Waals surface area contributed by atoms with Crippen molar-refractivity contribution in [3.8, 4) is 89.8 Å². The summed E-state index contributed by atoms with van der Waals surface area (Å²) in [4.78, 5) is 19.5. The minimum absolute atomic E-state index is 0.560. The molecule has 0 amide bonds. The summed E-state index contributed by atoms with van der Waals surface area (Å²) in [7, 11) is 0. The monoisotopic (exact) mass is 864 g/mol. The normalized spacial score (nSPS) is 11.2. The van der Waals surface area contributed by atoms with Crippen LogP contribution in [-0.2, 0) is 0 Å². The van der Waals surface area contributed by atoms with E-state index in [-0.39, 0.29) is 0 Å². The van der Waals surface area contributed by atoms with Crippen molar-refractivity contribution in [3.05, 3.63) is 254 Å². The van der Waals surface area contributed by atoms with E-state index in [1.807, 2.05) is 48.5 Å². The van der Waals surface area contributed by atoms with Gasteiger partial charge in [0.2, 0.25) is 0 Å². The SMILES string of the molecule is [C-]#[N+]c1ccc(-c2ccccc2-c2nc(-c3ccccc3)nc(-c3ccc(-c4cccc5ccccc45)cc3)n2)c(-c2ccccc2-c2ccccc2-c2ccc3ccc4ccccc4c3c2)c1. The number of fused-ring (bicyclic) bond motifs is 4. The average molecular weight is 865 g/mol. The highest BCUT2D eigenvalue weighted by Gasteiger charge is 2.21. The van der Waals surface area contributed by atoms with Crippen LogP contribution in [0.4, 0.5) is 5.69 Å². The largest absolute Gasteiger partial charge is 0.238 e. The molecule has 11 aromatic carbocycles. The van der Waals surface area contributed by atoms with E-state index in [1.54, 1.807) is 0 Å². The predicted molar refractivity (Wildman–Crippen MR) is 282 cm³/mol. The quantitative estimate of drug-likeness (QED) is 0.113. The van der Waals surface area contributed by atoms with Crippen molar-refractivity contribution in [1.82, 2.24) is 15.0 Å². The second-order valence-electron chi connectivity index (χ2n) is 17.0. The molecule has 1 heterocycles. The molecule has 0 unspecified atom stereocenters. The number of hydrogen-bond donors (Lipinski definition) is 0. The van der Waals surface area contributed by atoms with Gasteiger partial charge < -0.3 is 0 Å². The molecule has 68 heavy (non-hydrogen) atoms. The minimum atomic E-state index is 0.560. The Morgan fingerprint density at radius 1 is 0.250 bits per heavy atom. The Labute approximate surface area is 395 Å². The molecule has 0 bridgehead atoms. The van der Waals surface area contributed by atoms with Gasteiger partial charge in [-0.25, -0.2) is 19.8 Å². The Morgan fingerprint density at radius 2 is 0.691 bits per heavy atom. The van der Waals surface area contributed by atoms with E-state index >= 15 is 0 Å². The highest BCUT2D eigenvalue weighted by molar-refractivity contribution is 6.09. The van der Waals surface area contributed by atoms with Crippen LogP contribution in [0.5, 0.6) is 0 Å². The molecule has 0 aliphatic heterocycles. The standard InChI is InChI=1S/C64H40N4/c1-65-49-38-39-58(61(41-49)57-27-12-11-25-55(57)54-24-10-9-23-53(54)48-37-34-45-31-30-43-17-6-8-22-52(43)60(45)40-48)56-26-13-14-28-59(56)64-67-62(46-18-3-2-4-19-46)66-63(68-64)47-35-32-44(33-36-47)51-29-15-20-42-16-5-7-21-50(42)51/h2-41H. The van der Waals surface area contributed by atoms with Crippen molar-refractivity contribution in [2.45, 2.75) is 0 Å². The summed E-state index contributed by atoms with van der Waals surface area (Å²) < 4.78 is 0. The molecule has 12 aromatic rings. The lowest BCUT2D eigenvalue weighted by molar-refractivity contribution is 1.07. The van der Waals surface area contributed by atoms with E-state index in [0.717, 1.165) is 66.8 Å². The van der Waals surface area contributed by atoms with E-state index in [1.165, 1.54) is 37.9 Å². The Hall–Kier alpha value is -9.30. The first-order valence-electron chi connectivity index (χ1n) is 22.8. The lowest BCUT2D eigenvalue weighted by Crippen LogP contribution is -2.01.